The topological polar surface area (TPSA) is 58.4 Å². The first-order valence-electron chi connectivity index (χ1n) is 7.62. The molecule has 3 N–H and O–H groups in total. The molecule has 0 aromatic rings. The van der Waals surface area contributed by atoms with E-state index in [0.717, 1.165) is 38.1 Å². The Morgan fingerprint density at radius 2 is 2.21 bits per heavy atom. The van der Waals surface area contributed by atoms with Crippen molar-refractivity contribution in [2.45, 2.75) is 64.0 Å². The maximum atomic E-state index is 12.0. The molecule has 0 aromatic carbocycles. The Morgan fingerprint density at radius 1 is 1.53 bits per heavy atom. The van der Waals surface area contributed by atoms with Crippen molar-refractivity contribution < 1.29 is 4.79 Å². The predicted octanol–water partition coefficient (Wildman–Crippen LogP) is 1.74. The number of likely N-dealkylation sites (N-methyl/N-ethyl adjacent to an activating group) is 1. The lowest BCUT2D eigenvalue weighted by Crippen LogP contribution is -2.56. The van der Waals surface area contributed by atoms with Crippen LogP contribution in [0.3, 0.4) is 0 Å². The highest BCUT2D eigenvalue weighted by Gasteiger charge is 2.37. The molecule has 1 fully saturated rings. The van der Waals surface area contributed by atoms with Gasteiger partial charge in [0.15, 0.2) is 0 Å². The van der Waals surface area contributed by atoms with Crippen LogP contribution in [0.4, 0.5) is 0 Å². The van der Waals surface area contributed by atoms with E-state index in [-0.39, 0.29) is 17.5 Å². The fraction of sp³-hybridized carbons (Fsp3) is 0.933. The summed E-state index contributed by atoms with van der Waals surface area (Å²) in [7, 11) is 4.24. The molecule has 0 bridgehead atoms. The second-order valence-electron chi connectivity index (χ2n) is 6.43. The van der Waals surface area contributed by atoms with E-state index in [1.54, 1.807) is 0 Å². The Kier molecular flexibility index (Phi) is 6.27. The van der Waals surface area contributed by atoms with E-state index in [0.29, 0.717) is 0 Å². The molecule has 0 aliphatic heterocycles. The third kappa shape index (κ3) is 4.46. The summed E-state index contributed by atoms with van der Waals surface area (Å²) in [6.45, 7) is 5.08. The lowest BCUT2D eigenvalue weighted by molar-refractivity contribution is -0.123. The number of carbonyl (C=O) groups excluding carboxylic acids is 1. The van der Waals surface area contributed by atoms with E-state index in [4.69, 9.17) is 5.73 Å². The lowest BCUT2D eigenvalue weighted by atomic mass is 9.75. The summed E-state index contributed by atoms with van der Waals surface area (Å²) in [5, 5.41) is 3.07. The van der Waals surface area contributed by atoms with Gasteiger partial charge in [0.2, 0.25) is 5.91 Å². The van der Waals surface area contributed by atoms with Crippen LogP contribution >= 0.6 is 0 Å². The van der Waals surface area contributed by atoms with Gasteiger partial charge in [-0.15, -0.1) is 0 Å². The van der Waals surface area contributed by atoms with E-state index in [1.807, 2.05) is 0 Å². The molecule has 4 heteroatoms. The molecule has 0 spiro atoms. The fourth-order valence-electron chi connectivity index (χ4n) is 3.18. The van der Waals surface area contributed by atoms with Crippen LogP contribution in [0.2, 0.25) is 0 Å². The van der Waals surface area contributed by atoms with Crippen molar-refractivity contribution in [3.63, 3.8) is 0 Å². The molecule has 0 radical (unpaired) electrons. The molecule has 0 saturated heterocycles. The van der Waals surface area contributed by atoms with Crippen molar-refractivity contribution in [3.8, 4) is 0 Å². The number of nitrogens with two attached hydrogens (primary N) is 1. The third-order valence-corrected chi connectivity index (χ3v) is 4.54. The Hall–Kier alpha value is -0.610. The van der Waals surface area contributed by atoms with Crippen molar-refractivity contribution >= 4 is 5.91 Å². The average molecular weight is 269 g/mol. The van der Waals surface area contributed by atoms with Crippen molar-refractivity contribution in [2.75, 3.05) is 20.6 Å². The molecule has 3 atom stereocenters. The minimum atomic E-state index is -0.356. The molecule has 0 heterocycles. The number of hydrogen-bond donors (Lipinski definition) is 2. The van der Waals surface area contributed by atoms with Crippen LogP contribution in [0.5, 0.6) is 0 Å². The number of carbonyl (C=O) groups is 1. The van der Waals surface area contributed by atoms with Gasteiger partial charge in [0.25, 0.3) is 0 Å². The molecule has 1 aliphatic rings. The van der Waals surface area contributed by atoms with Crippen molar-refractivity contribution in [3.05, 3.63) is 0 Å². The SMILES string of the molecule is CCC[C@H](N)C(=O)NCC1(N(C)C)CCCC(C)C1. The number of hydrogen-bond acceptors (Lipinski definition) is 3. The molecular weight excluding hydrogens is 238 g/mol. The van der Waals surface area contributed by atoms with E-state index in [2.05, 4.69) is 38.2 Å². The highest BCUT2D eigenvalue weighted by molar-refractivity contribution is 5.81. The second-order valence-corrected chi connectivity index (χ2v) is 6.43. The summed E-state index contributed by atoms with van der Waals surface area (Å²) in [4.78, 5) is 14.3. The molecule has 112 valence electrons. The Bertz CT molecular complexity index is 293. The molecule has 1 rings (SSSR count). The number of nitrogens with zero attached hydrogens (tertiary/aromatic N) is 1. The smallest absolute Gasteiger partial charge is 0.236 e. The van der Waals surface area contributed by atoms with Gasteiger partial charge in [0.1, 0.15) is 0 Å². The summed E-state index contributed by atoms with van der Waals surface area (Å²) in [6.07, 6.45) is 6.58. The van der Waals surface area contributed by atoms with Crippen LogP contribution < -0.4 is 11.1 Å². The molecule has 2 unspecified atom stereocenters. The van der Waals surface area contributed by atoms with Gasteiger partial charge in [0.05, 0.1) is 6.04 Å². The predicted molar refractivity (Wildman–Crippen MR) is 79.9 cm³/mol. The van der Waals surface area contributed by atoms with E-state index < -0.39 is 0 Å². The molecular formula is C15H31N3O. The maximum Gasteiger partial charge on any atom is 0.236 e. The van der Waals surface area contributed by atoms with Gasteiger partial charge in [-0.3, -0.25) is 4.79 Å². The second kappa shape index (κ2) is 7.25. The minimum absolute atomic E-state index is 0.00121. The van der Waals surface area contributed by atoms with Crippen molar-refractivity contribution in [2.24, 2.45) is 11.7 Å². The fourth-order valence-corrected chi connectivity index (χ4v) is 3.18. The largest absolute Gasteiger partial charge is 0.353 e. The van der Waals surface area contributed by atoms with Crippen LogP contribution in [-0.2, 0) is 4.79 Å². The first-order valence-corrected chi connectivity index (χ1v) is 7.62. The molecule has 19 heavy (non-hydrogen) atoms. The zero-order chi connectivity index (χ0) is 14.5. The van der Waals surface area contributed by atoms with Gasteiger partial charge in [-0.2, -0.15) is 0 Å². The van der Waals surface area contributed by atoms with E-state index in [1.165, 1.54) is 12.8 Å². The molecule has 1 amide bonds. The van der Waals surface area contributed by atoms with Crippen LogP contribution in [0.1, 0.15) is 52.4 Å². The van der Waals surface area contributed by atoms with Gasteiger partial charge >= 0.3 is 0 Å². The lowest BCUT2D eigenvalue weighted by Gasteiger charge is -2.45. The number of rotatable bonds is 6. The van der Waals surface area contributed by atoms with Crippen LogP contribution in [-0.4, -0.2) is 43.0 Å². The van der Waals surface area contributed by atoms with Gasteiger partial charge in [-0.1, -0.05) is 33.1 Å². The van der Waals surface area contributed by atoms with Crippen LogP contribution in [0.15, 0.2) is 0 Å². The van der Waals surface area contributed by atoms with Gasteiger partial charge in [0, 0.05) is 12.1 Å². The van der Waals surface area contributed by atoms with Crippen molar-refractivity contribution in [1.82, 2.24) is 10.2 Å². The minimum Gasteiger partial charge on any atom is -0.353 e. The summed E-state index contributed by atoms with van der Waals surface area (Å²) < 4.78 is 0. The van der Waals surface area contributed by atoms with Gasteiger partial charge < -0.3 is 16.0 Å². The van der Waals surface area contributed by atoms with Crippen molar-refractivity contribution in [1.29, 1.82) is 0 Å². The highest BCUT2D eigenvalue weighted by Crippen LogP contribution is 2.35. The standard InChI is InChI=1S/C15H31N3O/c1-5-7-13(16)14(19)17-11-15(18(3)4)9-6-8-12(2)10-15/h12-13H,5-11,16H2,1-4H3,(H,17,19)/t12?,13-,15?/m0/s1. The normalized spacial score (nSPS) is 29.3. The van der Waals surface area contributed by atoms with Crippen LogP contribution in [0, 0.1) is 5.92 Å². The average Bonchev–Trinajstić information content (AvgIpc) is 2.36. The Morgan fingerprint density at radius 3 is 2.74 bits per heavy atom. The summed E-state index contributed by atoms with van der Waals surface area (Å²) in [5.41, 5.74) is 5.97. The quantitative estimate of drug-likeness (QED) is 0.772. The summed E-state index contributed by atoms with van der Waals surface area (Å²) >= 11 is 0. The molecule has 0 aromatic heterocycles. The molecule has 1 saturated carbocycles. The van der Waals surface area contributed by atoms with Gasteiger partial charge in [-0.05, 0) is 39.3 Å². The number of amides is 1. The van der Waals surface area contributed by atoms with Gasteiger partial charge in [-0.25, -0.2) is 0 Å². The third-order valence-electron chi connectivity index (χ3n) is 4.54. The Labute approximate surface area is 118 Å². The van der Waals surface area contributed by atoms with E-state index >= 15 is 0 Å². The zero-order valence-corrected chi connectivity index (χ0v) is 13.0. The maximum absolute atomic E-state index is 12.0. The molecule has 1 aliphatic carbocycles. The monoisotopic (exact) mass is 269 g/mol. The van der Waals surface area contributed by atoms with Crippen LogP contribution in [0.25, 0.3) is 0 Å². The molecule has 4 nitrogen and oxygen atoms in total. The van der Waals surface area contributed by atoms with E-state index in [9.17, 15) is 4.79 Å². The zero-order valence-electron chi connectivity index (χ0n) is 13.0. The first kappa shape index (κ1) is 16.4. The number of nitrogens with one attached hydrogen (secondary N) is 1. The highest BCUT2D eigenvalue weighted by atomic mass is 16.2. The first-order chi connectivity index (χ1) is 8.91. The summed E-state index contributed by atoms with van der Waals surface area (Å²) in [6, 6.07) is -0.356. The summed E-state index contributed by atoms with van der Waals surface area (Å²) in [5.74, 6) is 0.735. The Balaban J connectivity index is 2.57.